The van der Waals surface area contributed by atoms with Crippen LogP contribution in [-0.2, 0) is 6.54 Å². The Hall–Kier alpha value is -4.49. The Kier molecular flexibility index (Phi) is 6.47. The van der Waals surface area contributed by atoms with E-state index in [0.29, 0.717) is 34.2 Å². The summed E-state index contributed by atoms with van der Waals surface area (Å²) in [6.07, 6.45) is 5.08. The lowest BCUT2D eigenvalue weighted by Gasteiger charge is -2.23. The largest absolute Gasteiger partial charge is 0.474 e. The average Bonchev–Trinajstić information content (AvgIpc) is 3.16. The Morgan fingerprint density at radius 2 is 2.11 bits per heavy atom. The van der Waals surface area contributed by atoms with E-state index < -0.39 is 0 Å². The molecule has 1 aliphatic rings. The fraction of sp³-hybridized carbons (Fsp3) is 0.269. The molecule has 5 rings (SSSR count). The minimum atomic E-state index is -0.239. The normalized spacial score (nSPS) is 13.9. The van der Waals surface area contributed by atoms with E-state index in [9.17, 15) is 10.1 Å². The lowest BCUT2D eigenvalue weighted by atomic mass is 10.1. The number of hydrogen-bond donors (Lipinski definition) is 2. The Morgan fingerprint density at radius 1 is 1.28 bits per heavy atom. The van der Waals surface area contributed by atoms with E-state index in [1.807, 2.05) is 31.2 Å². The molecule has 1 aromatic carbocycles. The van der Waals surface area contributed by atoms with Gasteiger partial charge in [0.2, 0.25) is 11.8 Å². The third kappa shape index (κ3) is 4.56. The maximum absolute atomic E-state index is 13.2. The summed E-state index contributed by atoms with van der Waals surface area (Å²) in [5.74, 6) is 1.33. The van der Waals surface area contributed by atoms with Crippen LogP contribution < -0.4 is 20.9 Å². The molecule has 2 N–H and O–H groups in total. The summed E-state index contributed by atoms with van der Waals surface area (Å²) in [5, 5.41) is 16.0. The first-order valence-electron chi connectivity index (χ1n) is 11.8. The van der Waals surface area contributed by atoms with E-state index in [4.69, 9.17) is 9.72 Å². The highest BCUT2D eigenvalue weighted by molar-refractivity contribution is 5.77. The standard InChI is InChI=1S/C26H26N8O2/c1-3-13-33-25(35)21-16-29-26(30-19-8-7-18(15-27)17(2)14-19)32-24(21)34(33)22-5-4-6-23(31-22)36-20-9-11-28-12-10-20/h3-8,14,16,20,28H,1,9-13H2,2H3,(H,29,30,32). The highest BCUT2D eigenvalue weighted by atomic mass is 16.5. The first-order chi connectivity index (χ1) is 17.6. The average molecular weight is 483 g/mol. The smallest absolute Gasteiger partial charge is 0.278 e. The van der Waals surface area contributed by atoms with Crippen molar-refractivity contribution in [3.8, 4) is 17.8 Å². The predicted molar refractivity (Wildman–Crippen MR) is 137 cm³/mol. The fourth-order valence-corrected chi connectivity index (χ4v) is 4.28. The first-order valence-corrected chi connectivity index (χ1v) is 11.8. The molecular formula is C26H26N8O2. The molecule has 10 nitrogen and oxygen atoms in total. The highest BCUT2D eigenvalue weighted by Gasteiger charge is 2.20. The Balaban J connectivity index is 1.55. The number of piperidine rings is 1. The molecule has 1 saturated heterocycles. The van der Waals surface area contributed by atoms with Crippen molar-refractivity contribution >= 4 is 22.7 Å². The first kappa shape index (κ1) is 23.3. The van der Waals surface area contributed by atoms with Crippen LogP contribution in [0.3, 0.4) is 0 Å². The van der Waals surface area contributed by atoms with Gasteiger partial charge in [-0.2, -0.15) is 15.2 Å². The number of nitrogens with zero attached hydrogens (tertiary/aromatic N) is 6. The molecule has 0 amide bonds. The van der Waals surface area contributed by atoms with Crippen molar-refractivity contribution in [1.82, 2.24) is 29.6 Å². The van der Waals surface area contributed by atoms with Gasteiger partial charge in [-0.1, -0.05) is 12.1 Å². The second-order valence-electron chi connectivity index (χ2n) is 8.59. The van der Waals surface area contributed by atoms with Gasteiger partial charge in [0.25, 0.3) is 5.56 Å². The van der Waals surface area contributed by atoms with Gasteiger partial charge in [0.1, 0.15) is 11.5 Å². The number of benzene rings is 1. The van der Waals surface area contributed by atoms with E-state index in [1.54, 1.807) is 22.9 Å². The molecular weight excluding hydrogens is 456 g/mol. The van der Waals surface area contributed by atoms with Gasteiger partial charge in [0, 0.05) is 18.0 Å². The van der Waals surface area contributed by atoms with Crippen LogP contribution in [0.1, 0.15) is 24.0 Å². The minimum absolute atomic E-state index is 0.0970. The van der Waals surface area contributed by atoms with Crippen LogP contribution in [0.5, 0.6) is 5.88 Å². The molecule has 10 heteroatoms. The van der Waals surface area contributed by atoms with Gasteiger partial charge in [-0.15, -0.1) is 6.58 Å². The zero-order valence-corrected chi connectivity index (χ0v) is 19.9. The van der Waals surface area contributed by atoms with Crippen LogP contribution in [0.25, 0.3) is 16.9 Å². The van der Waals surface area contributed by atoms with Crippen LogP contribution in [0.15, 0.2) is 60.0 Å². The molecule has 0 atom stereocenters. The van der Waals surface area contributed by atoms with Gasteiger partial charge in [0.05, 0.1) is 18.2 Å². The van der Waals surface area contributed by atoms with Crippen molar-refractivity contribution < 1.29 is 4.74 Å². The third-order valence-electron chi connectivity index (χ3n) is 6.08. The molecule has 0 radical (unpaired) electrons. The van der Waals surface area contributed by atoms with E-state index >= 15 is 0 Å². The van der Waals surface area contributed by atoms with Crippen molar-refractivity contribution in [2.24, 2.45) is 0 Å². The molecule has 3 aromatic heterocycles. The molecule has 182 valence electrons. The molecule has 1 fully saturated rings. The number of allylic oxidation sites excluding steroid dienone is 1. The van der Waals surface area contributed by atoms with Crippen molar-refractivity contribution in [2.75, 3.05) is 18.4 Å². The molecule has 0 spiro atoms. The maximum Gasteiger partial charge on any atom is 0.278 e. The molecule has 0 saturated carbocycles. The second-order valence-corrected chi connectivity index (χ2v) is 8.59. The van der Waals surface area contributed by atoms with Gasteiger partial charge in [-0.3, -0.25) is 4.79 Å². The Bertz CT molecular complexity index is 1530. The minimum Gasteiger partial charge on any atom is -0.474 e. The molecule has 4 heterocycles. The number of nitriles is 1. The quantitative estimate of drug-likeness (QED) is 0.385. The molecule has 0 unspecified atom stereocenters. The van der Waals surface area contributed by atoms with Crippen LogP contribution in [0.2, 0.25) is 0 Å². The number of rotatable bonds is 7. The van der Waals surface area contributed by atoms with Gasteiger partial charge in [-0.05, 0) is 62.7 Å². The van der Waals surface area contributed by atoms with Gasteiger partial charge in [0.15, 0.2) is 11.5 Å². The summed E-state index contributed by atoms with van der Waals surface area (Å²) in [4.78, 5) is 26.9. The summed E-state index contributed by atoms with van der Waals surface area (Å²) in [5.41, 5.74) is 2.35. The van der Waals surface area contributed by atoms with Crippen LogP contribution in [0.4, 0.5) is 11.6 Å². The zero-order valence-electron chi connectivity index (χ0n) is 19.9. The van der Waals surface area contributed by atoms with Crippen molar-refractivity contribution in [2.45, 2.75) is 32.4 Å². The summed E-state index contributed by atoms with van der Waals surface area (Å²) in [6, 6.07) is 13.0. The number of pyridine rings is 1. The predicted octanol–water partition coefficient (Wildman–Crippen LogP) is 3.22. The maximum atomic E-state index is 13.2. The third-order valence-corrected chi connectivity index (χ3v) is 6.08. The summed E-state index contributed by atoms with van der Waals surface area (Å²) in [6.45, 7) is 7.76. The molecule has 0 bridgehead atoms. The van der Waals surface area contributed by atoms with E-state index in [-0.39, 0.29) is 18.2 Å². The van der Waals surface area contributed by atoms with Gasteiger partial charge in [-0.25, -0.2) is 14.3 Å². The zero-order chi connectivity index (χ0) is 25.1. The molecule has 4 aromatic rings. The molecule has 0 aliphatic carbocycles. The van der Waals surface area contributed by atoms with Crippen molar-refractivity contribution in [1.29, 1.82) is 5.26 Å². The number of fused-ring (bicyclic) bond motifs is 1. The lowest BCUT2D eigenvalue weighted by molar-refractivity contribution is 0.156. The SMILES string of the molecule is C=CCn1c(=O)c2cnc(Nc3ccc(C#N)c(C)c3)nc2n1-c1cccc(OC2CCNCC2)n1. The molecule has 36 heavy (non-hydrogen) atoms. The van der Waals surface area contributed by atoms with Crippen LogP contribution in [0, 0.1) is 18.3 Å². The monoisotopic (exact) mass is 482 g/mol. The number of aryl methyl sites for hydroxylation is 1. The number of ether oxygens (including phenoxy) is 1. The Morgan fingerprint density at radius 3 is 2.86 bits per heavy atom. The second kappa shape index (κ2) is 10.0. The van der Waals surface area contributed by atoms with Gasteiger partial charge >= 0.3 is 0 Å². The summed E-state index contributed by atoms with van der Waals surface area (Å²) in [7, 11) is 0. The number of hydrogen-bond acceptors (Lipinski definition) is 8. The fourth-order valence-electron chi connectivity index (χ4n) is 4.28. The molecule has 1 aliphatic heterocycles. The summed E-state index contributed by atoms with van der Waals surface area (Å²) < 4.78 is 9.33. The van der Waals surface area contributed by atoms with Gasteiger partial charge < -0.3 is 15.4 Å². The van der Waals surface area contributed by atoms with Crippen LogP contribution >= 0.6 is 0 Å². The van der Waals surface area contributed by atoms with E-state index in [2.05, 4.69) is 33.2 Å². The van der Waals surface area contributed by atoms with Crippen LogP contribution in [-0.4, -0.2) is 43.5 Å². The summed E-state index contributed by atoms with van der Waals surface area (Å²) >= 11 is 0. The topological polar surface area (TPSA) is 123 Å². The highest BCUT2D eigenvalue weighted by Crippen LogP contribution is 2.22. The Labute approximate surface area is 207 Å². The number of nitrogens with one attached hydrogen (secondary N) is 2. The van der Waals surface area contributed by atoms with E-state index in [0.717, 1.165) is 37.2 Å². The van der Waals surface area contributed by atoms with E-state index in [1.165, 1.54) is 10.9 Å². The van der Waals surface area contributed by atoms with Crippen molar-refractivity contribution in [3.63, 3.8) is 0 Å². The number of anilines is 2. The number of aromatic nitrogens is 5. The van der Waals surface area contributed by atoms with Crippen molar-refractivity contribution in [3.05, 3.63) is 76.7 Å². The lowest BCUT2D eigenvalue weighted by Crippen LogP contribution is -2.34.